The maximum Gasteiger partial charge on any atom is 0.282 e. The van der Waals surface area contributed by atoms with Crippen molar-refractivity contribution in [3.63, 3.8) is 0 Å². The number of hydrogen-bond donors (Lipinski definition) is 0. The summed E-state index contributed by atoms with van der Waals surface area (Å²) < 4.78 is 14.5. The molecular formula is C23H21Cl2FN2O2. The molecule has 2 aliphatic rings. The van der Waals surface area contributed by atoms with Crippen LogP contribution in [0.25, 0.3) is 5.57 Å². The van der Waals surface area contributed by atoms with Crippen LogP contribution in [0.1, 0.15) is 25.8 Å². The fraction of sp³-hybridized carbons (Fsp3) is 0.304. The third kappa shape index (κ3) is 3.61. The van der Waals surface area contributed by atoms with E-state index in [9.17, 15) is 14.0 Å². The fourth-order valence-electron chi connectivity index (χ4n) is 4.44. The van der Waals surface area contributed by atoms with E-state index in [0.717, 1.165) is 11.3 Å². The number of amides is 2. The number of carbonyl (C=O) groups is 2. The van der Waals surface area contributed by atoms with E-state index < -0.39 is 17.6 Å². The van der Waals surface area contributed by atoms with Crippen LogP contribution in [0, 0.1) is 17.7 Å². The Balaban J connectivity index is 1.89. The van der Waals surface area contributed by atoms with Crippen LogP contribution >= 0.6 is 23.2 Å². The molecule has 2 aromatic carbocycles. The molecule has 0 aliphatic carbocycles. The van der Waals surface area contributed by atoms with Gasteiger partial charge in [0.05, 0.1) is 16.3 Å². The minimum Gasteiger partial charge on any atom is -0.366 e. The minimum atomic E-state index is -0.637. The minimum absolute atomic E-state index is 0.0665. The molecule has 1 fully saturated rings. The number of rotatable bonds is 3. The van der Waals surface area contributed by atoms with E-state index in [1.807, 2.05) is 4.90 Å². The van der Waals surface area contributed by atoms with Crippen molar-refractivity contribution in [2.75, 3.05) is 18.0 Å². The standard InChI is InChI=1S/C23H21Cl2FN2O2/c1-13-9-14(2)12-27(11-13)21-20(16-8-7-15(24)10-17(16)25)22(29)28(23(21)30)19-6-4-3-5-18(19)26/h3-8,10,13-14H,9,11-12H2,1-2H3. The Bertz CT molecular complexity index is 1060. The third-order valence-electron chi connectivity index (χ3n) is 5.54. The average Bonchev–Trinajstić information content (AvgIpc) is 2.92. The summed E-state index contributed by atoms with van der Waals surface area (Å²) in [6, 6.07) is 10.6. The van der Waals surface area contributed by atoms with Crippen LogP contribution in [0.3, 0.4) is 0 Å². The number of nitrogens with zero attached hydrogens (tertiary/aromatic N) is 2. The second-order valence-corrected chi connectivity index (χ2v) is 8.94. The summed E-state index contributed by atoms with van der Waals surface area (Å²) in [5.41, 5.74) is 0.805. The van der Waals surface area contributed by atoms with Crippen molar-refractivity contribution >= 4 is 46.3 Å². The number of benzene rings is 2. The van der Waals surface area contributed by atoms with Gasteiger partial charge in [0.25, 0.3) is 11.8 Å². The zero-order chi connectivity index (χ0) is 21.6. The third-order valence-corrected chi connectivity index (χ3v) is 6.09. The van der Waals surface area contributed by atoms with Crippen LogP contribution in [0.5, 0.6) is 0 Å². The molecule has 2 aromatic rings. The van der Waals surface area contributed by atoms with Gasteiger partial charge in [-0.1, -0.05) is 55.2 Å². The lowest BCUT2D eigenvalue weighted by molar-refractivity contribution is -0.121. The normalized spacial score (nSPS) is 22.3. The van der Waals surface area contributed by atoms with Crippen LogP contribution in [-0.4, -0.2) is 29.8 Å². The van der Waals surface area contributed by atoms with Gasteiger partial charge in [0.15, 0.2) is 0 Å². The van der Waals surface area contributed by atoms with Crippen LogP contribution in [0.4, 0.5) is 10.1 Å². The van der Waals surface area contributed by atoms with E-state index in [-0.39, 0.29) is 22.0 Å². The highest BCUT2D eigenvalue weighted by Gasteiger charge is 2.45. The molecule has 7 heteroatoms. The maximum atomic E-state index is 14.5. The number of piperidine rings is 1. The van der Waals surface area contributed by atoms with Crippen LogP contribution in [-0.2, 0) is 9.59 Å². The molecule has 0 spiro atoms. The Morgan fingerprint density at radius 1 is 0.967 bits per heavy atom. The summed E-state index contributed by atoms with van der Waals surface area (Å²) in [6.07, 6.45) is 1.04. The van der Waals surface area contributed by atoms with Gasteiger partial charge in [-0.15, -0.1) is 0 Å². The van der Waals surface area contributed by atoms with Crippen molar-refractivity contribution in [2.45, 2.75) is 20.3 Å². The molecule has 30 heavy (non-hydrogen) atoms. The molecule has 4 rings (SSSR count). The van der Waals surface area contributed by atoms with Crippen molar-refractivity contribution in [3.05, 3.63) is 69.6 Å². The van der Waals surface area contributed by atoms with Crippen molar-refractivity contribution in [3.8, 4) is 0 Å². The largest absolute Gasteiger partial charge is 0.366 e. The highest BCUT2D eigenvalue weighted by Crippen LogP contribution is 2.40. The fourth-order valence-corrected chi connectivity index (χ4v) is 4.95. The van der Waals surface area contributed by atoms with Crippen LogP contribution in [0.2, 0.25) is 10.0 Å². The number of likely N-dealkylation sites (tertiary alicyclic amines) is 1. The van der Waals surface area contributed by atoms with Crippen LogP contribution in [0.15, 0.2) is 48.2 Å². The van der Waals surface area contributed by atoms with Gasteiger partial charge >= 0.3 is 0 Å². The molecule has 2 heterocycles. The van der Waals surface area contributed by atoms with E-state index in [1.165, 1.54) is 24.3 Å². The summed E-state index contributed by atoms with van der Waals surface area (Å²) in [5, 5.41) is 0.693. The molecule has 0 N–H and O–H groups in total. The number of para-hydroxylation sites is 1. The zero-order valence-electron chi connectivity index (χ0n) is 16.7. The highest BCUT2D eigenvalue weighted by atomic mass is 35.5. The molecule has 0 aromatic heterocycles. The summed E-state index contributed by atoms with van der Waals surface area (Å²) in [6.45, 7) is 5.51. The Labute approximate surface area is 184 Å². The first-order chi connectivity index (χ1) is 14.3. The number of imide groups is 1. The Kier molecular flexibility index (Phi) is 5.60. The lowest BCUT2D eigenvalue weighted by Crippen LogP contribution is -2.42. The lowest BCUT2D eigenvalue weighted by atomic mass is 9.91. The summed E-state index contributed by atoms with van der Waals surface area (Å²) >= 11 is 12.5. The smallest absolute Gasteiger partial charge is 0.282 e. The molecule has 0 saturated carbocycles. The number of anilines is 1. The SMILES string of the molecule is CC1CC(C)CN(C2=C(c3ccc(Cl)cc3Cl)C(=O)N(c3ccccc3F)C2=O)C1. The van der Waals surface area contributed by atoms with E-state index in [0.29, 0.717) is 35.5 Å². The Hall–Kier alpha value is -2.37. The monoisotopic (exact) mass is 446 g/mol. The molecule has 1 saturated heterocycles. The average molecular weight is 447 g/mol. The molecular weight excluding hydrogens is 426 g/mol. The molecule has 2 atom stereocenters. The molecule has 2 unspecified atom stereocenters. The van der Waals surface area contributed by atoms with Crippen molar-refractivity contribution in [2.24, 2.45) is 11.8 Å². The maximum absolute atomic E-state index is 14.5. The zero-order valence-corrected chi connectivity index (χ0v) is 18.2. The lowest BCUT2D eigenvalue weighted by Gasteiger charge is -2.37. The van der Waals surface area contributed by atoms with Crippen molar-refractivity contribution in [1.82, 2.24) is 4.90 Å². The summed E-state index contributed by atoms with van der Waals surface area (Å²) in [7, 11) is 0. The van der Waals surface area contributed by atoms with Gasteiger partial charge in [-0.05, 0) is 42.5 Å². The quantitative estimate of drug-likeness (QED) is 0.592. The highest BCUT2D eigenvalue weighted by molar-refractivity contribution is 6.47. The topological polar surface area (TPSA) is 40.6 Å². The number of hydrogen-bond acceptors (Lipinski definition) is 3. The first-order valence-corrected chi connectivity index (χ1v) is 10.6. The van der Waals surface area contributed by atoms with Gasteiger partial charge in [-0.3, -0.25) is 9.59 Å². The molecule has 0 bridgehead atoms. The van der Waals surface area contributed by atoms with E-state index in [1.54, 1.807) is 18.2 Å². The number of carbonyl (C=O) groups excluding carboxylic acids is 2. The number of halogens is 3. The predicted octanol–water partition coefficient (Wildman–Crippen LogP) is 5.39. The summed E-state index contributed by atoms with van der Waals surface area (Å²) in [5.74, 6) is -1.05. The van der Waals surface area contributed by atoms with Gasteiger partial charge in [-0.2, -0.15) is 0 Å². The van der Waals surface area contributed by atoms with Crippen molar-refractivity contribution < 1.29 is 14.0 Å². The molecule has 2 aliphatic heterocycles. The second-order valence-electron chi connectivity index (χ2n) is 8.10. The van der Waals surface area contributed by atoms with Crippen LogP contribution < -0.4 is 4.90 Å². The van der Waals surface area contributed by atoms with Crippen molar-refractivity contribution in [1.29, 1.82) is 0 Å². The first-order valence-electron chi connectivity index (χ1n) is 9.86. The first kappa shape index (κ1) is 20.9. The Morgan fingerprint density at radius 3 is 2.27 bits per heavy atom. The summed E-state index contributed by atoms with van der Waals surface area (Å²) in [4.78, 5) is 29.9. The van der Waals surface area contributed by atoms with Gasteiger partial charge in [-0.25, -0.2) is 9.29 Å². The molecule has 156 valence electrons. The van der Waals surface area contributed by atoms with Gasteiger partial charge in [0.1, 0.15) is 11.5 Å². The van der Waals surface area contributed by atoms with E-state index in [2.05, 4.69) is 13.8 Å². The van der Waals surface area contributed by atoms with E-state index >= 15 is 0 Å². The van der Waals surface area contributed by atoms with Gasteiger partial charge in [0, 0.05) is 23.7 Å². The predicted molar refractivity (Wildman–Crippen MR) is 117 cm³/mol. The Morgan fingerprint density at radius 2 is 1.63 bits per heavy atom. The van der Waals surface area contributed by atoms with Gasteiger partial charge < -0.3 is 4.90 Å². The van der Waals surface area contributed by atoms with E-state index in [4.69, 9.17) is 23.2 Å². The second kappa shape index (κ2) is 8.05. The molecule has 0 radical (unpaired) electrons. The molecule has 2 amide bonds. The molecule has 4 nitrogen and oxygen atoms in total. The van der Waals surface area contributed by atoms with Gasteiger partial charge in [0.2, 0.25) is 0 Å².